The van der Waals surface area contributed by atoms with Gasteiger partial charge in [-0.15, -0.1) is 0 Å². The SMILES string of the molecule is C=CN(C=C)[C@@H]1C(=O)C(C(N)=O)=C(O)[C@@]2(O)C(=O)C3=C(O)c4c(O)cc(CNCCF)c(F)c4C[C@H]3C[C@@H]12. The highest BCUT2D eigenvalue weighted by molar-refractivity contribution is 6.24. The number of aliphatic hydroxyl groups is 3. The lowest BCUT2D eigenvalue weighted by molar-refractivity contribution is -0.152. The molecule has 3 aliphatic rings. The highest BCUT2D eigenvalue weighted by Crippen LogP contribution is 2.53. The quantitative estimate of drug-likeness (QED) is 0.213. The summed E-state index contributed by atoms with van der Waals surface area (Å²) in [6.07, 6.45) is 1.92. The maximum absolute atomic E-state index is 15.5. The van der Waals surface area contributed by atoms with Gasteiger partial charge in [0.1, 0.15) is 41.4 Å². The predicted molar refractivity (Wildman–Crippen MR) is 130 cm³/mol. The van der Waals surface area contributed by atoms with Gasteiger partial charge in [0.15, 0.2) is 11.4 Å². The summed E-state index contributed by atoms with van der Waals surface area (Å²) in [6.45, 7) is 6.31. The molecule has 1 amide bonds. The Bertz CT molecular complexity index is 1330. The fourth-order valence-corrected chi connectivity index (χ4v) is 5.82. The van der Waals surface area contributed by atoms with E-state index in [0.717, 1.165) is 11.0 Å². The third kappa shape index (κ3) is 3.71. The topological polar surface area (TPSA) is 173 Å². The lowest BCUT2D eigenvalue weighted by atomic mass is 9.57. The number of ketones is 2. The molecular formula is C26H27F2N3O7. The number of phenolic OH excluding ortho intramolecular Hbond substituents is 1. The maximum Gasteiger partial charge on any atom is 0.255 e. The van der Waals surface area contributed by atoms with E-state index in [-0.39, 0.29) is 42.6 Å². The monoisotopic (exact) mass is 531 g/mol. The van der Waals surface area contributed by atoms with Gasteiger partial charge in [-0.1, -0.05) is 13.2 Å². The van der Waals surface area contributed by atoms with Crippen LogP contribution < -0.4 is 11.1 Å². The minimum atomic E-state index is -2.85. The minimum Gasteiger partial charge on any atom is -0.508 e. The number of halogens is 2. The number of rotatable bonds is 8. The van der Waals surface area contributed by atoms with Crippen LogP contribution in [0, 0.1) is 17.7 Å². The van der Waals surface area contributed by atoms with Crippen molar-refractivity contribution >= 4 is 23.2 Å². The summed E-state index contributed by atoms with van der Waals surface area (Å²) in [5, 5.41) is 46.9. The van der Waals surface area contributed by atoms with Crippen LogP contribution in [0.1, 0.15) is 23.1 Å². The first-order valence-electron chi connectivity index (χ1n) is 11.8. The number of Topliss-reactive ketones (excluding diaryl/α,β-unsaturated/α-hetero) is 2. The lowest BCUT2D eigenvalue weighted by Gasteiger charge is -2.50. The van der Waals surface area contributed by atoms with E-state index < -0.39 is 81.9 Å². The normalized spacial score (nSPS) is 26.4. The van der Waals surface area contributed by atoms with Gasteiger partial charge in [-0.05, 0) is 37.2 Å². The number of alkyl halides is 1. The number of nitrogens with one attached hydrogen (secondary N) is 1. The van der Waals surface area contributed by atoms with Crippen LogP contribution in [0.25, 0.3) is 5.76 Å². The summed E-state index contributed by atoms with van der Waals surface area (Å²) < 4.78 is 27.9. The van der Waals surface area contributed by atoms with Gasteiger partial charge in [0, 0.05) is 35.7 Å². The number of fused-ring (bicyclic) bond motifs is 3. The Morgan fingerprint density at radius 3 is 2.50 bits per heavy atom. The molecule has 0 bridgehead atoms. The van der Waals surface area contributed by atoms with E-state index in [0.29, 0.717) is 0 Å². The summed E-state index contributed by atoms with van der Waals surface area (Å²) in [6, 6.07) is -0.400. The number of aromatic hydroxyl groups is 1. The number of hydrogen-bond donors (Lipinski definition) is 6. The van der Waals surface area contributed by atoms with E-state index in [1.165, 1.54) is 12.4 Å². The zero-order chi connectivity index (χ0) is 28.1. The van der Waals surface area contributed by atoms with E-state index in [4.69, 9.17) is 5.73 Å². The second-order valence-electron chi connectivity index (χ2n) is 9.40. The molecule has 1 aromatic carbocycles. The molecular weight excluding hydrogens is 504 g/mol. The van der Waals surface area contributed by atoms with Gasteiger partial charge in [-0.25, -0.2) is 8.78 Å². The molecule has 202 valence electrons. The molecule has 0 unspecified atom stereocenters. The molecule has 1 aromatic rings. The van der Waals surface area contributed by atoms with Crippen LogP contribution in [-0.4, -0.2) is 67.7 Å². The highest BCUT2D eigenvalue weighted by atomic mass is 19.1. The Morgan fingerprint density at radius 1 is 1.26 bits per heavy atom. The van der Waals surface area contributed by atoms with Crippen LogP contribution in [0.15, 0.2) is 48.5 Å². The number of nitrogens with zero attached hydrogens (tertiary/aromatic N) is 1. The number of carbonyl (C=O) groups is 3. The number of aliphatic hydroxyl groups excluding tert-OH is 2. The summed E-state index contributed by atoms with van der Waals surface area (Å²) >= 11 is 0. The van der Waals surface area contributed by atoms with Crippen molar-refractivity contribution in [2.45, 2.75) is 31.0 Å². The van der Waals surface area contributed by atoms with Crippen molar-refractivity contribution in [2.75, 3.05) is 13.2 Å². The molecule has 1 saturated carbocycles. The second kappa shape index (κ2) is 9.69. The van der Waals surface area contributed by atoms with Gasteiger partial charge >= 0.3 is 0 Å². The molecule has 0 aliphatic heterocycles. The summed E-state index contributed by atoms with van der Waals surface area (Å²) in [5.74, 6) is -9.30. The molecule has 0 spiro atoms. The van der Waals surface area contributed by atoms with Crippen LogP contribution in [0.2, 0.25) is 0 Å². The molecule has 4 rings (SSSR count). The van der Waals surface area contributed by atoms with E-state index in [1.807, 2.05) is 0 Å². The number of benzene rings is 1. The molecule has 0 aromatic heterocycles. The van der Waals surface area contributed by atoms with E-state index in [1.54, 1.807) is 0 Å². The van der Waals surface area contributed by atoms with Gasteiger partial charge in [0.2, 0.25) is 5.78 Å². The lowest BCUT2D eigenvalue weighted by Crippen LogP contribution is -2.65. The number of carbonyl (C=O) groups excluding carboxylic acids is 3. The first-order chi connectivity index (χ1) is 17.9. The molecule has 0 radical (unpaired) electrons. The second-order valence-corrected chi connectivity index (χ2v) is 9.40. The van der Waals surface area contributed by atoms with E-state index in [9.17, 15) is 39.2 Å². The van der Waals surface area contributed by atoms with Crippen LogP contribution in [0.3, 0.4) is 0 Å². The summed E-state index contributed by atoms with van der Waals surface area (Å²) in [7, 11) is 0. The molecule has 0 heterocycles. The van der Waals surface area contributed by atoms with Crippen molar-refractivity contribution in [3.63, 3.8) is 0 Å². The average Bonchev–Trinajstić information content (AvgIpc) is 2.86. The molecule has 0 saturated heterocycles. The number of phenols is 1. The van der Waals surface area contributed by atoms with Gasteiger partial charge in [0.25, 0.3) is 5.91 Å². The maximum atomic E-state index is 15.5. The third-order valence-corrected chi connectivity index (χ3v) is 7.50. The fraction of sp³-hybridized carbons (Fsp3) is 0.346. The summed E-state index contributed by atoms with van der Waals surface area (Å²) in [5.41, 5.74) is 0.608. The van der Waals surface area contributed by atoms with Crippen LogP contribution in [-0.2, 0) is 27.3 Å². The van der Waals surface area contributed by atoms with Crippen LogP contribution >= 0.6 is 0 Å². The van der Waals surface area contributed by atoms with E-state index in [2.05, 4.69) is 18.5 Å². The molecule has 38 heavy (non-hydrogen) atoms. The van der Waals surface area contributed by atoms with Crippen molar-refractivity contribution in [1.29, 1.82) is 0 Å². The average molecular weight is 532 g/mol. The standard InChI is InChI=1S/C26H27F2N3O7/c1-3-31(4-2)20-14-8-11-7-13-17(15(32)9-12(19(13)28)10-30-6-5-27)21(33)16(11)23(35)26(14,38)24(36)18(22(20)34)25(29)37/h3-4,9,11,14,20,30,32-33,36,38H,1-2,5-8,10H2,(H2,29,37)/t11-,14-,20-,26-/m0/s1. The smallest absolute Gasteiger partial charge is 0.255 e. The predicted octanol–water partition coefficient (Wildman–Crippen LogP) is 1.19. The van der Waals surface area contributed by atoms with Crippen LogP contribution in [0.5, 0.6) is 5.75 Å². The third-order valence-electron chi connectivity index (χ3n) is 7.50. The van der Waals surface area contributed by atoms with Gasteiger partial charge in [-0.3, -0.25) is 14.4 Å². The number of amides is 1. The number of hydrogen-bond acceptors (Lipinski definition) is 9. The Morgan fingerprint density at radius 2 is 1.92 bits per heavy atom. The van der Waals surface area contributed by atoms with Gasteiger partial charge in [-0.2, -0.15) is 0 Å². The zero-order valence-corrected chi connectivity index (χ0v) is 20.2. The van der Waals surface area contributed by atoms with Gasteiger partial charge < -0.3 is 36.4 Å². The Labute approximate surface area is 216 Å². The molecule has 10 nitrogen and oxygen atoms in total. The van der Waals surface area contributed by atoms with E-state index >= 15 is 4.39 Å². The first-order valence-corrected chi connectivity index (χ1v) is 11.8. The zero-order valence-electron chi connectivity index (χ0n) is 20.2. The van der Waals surface area contributed by atoms with Gasteiger partial charge in [0.05, 0.1) is 5.56 Å². The molecule has 12 heteroatoms. The Hall–Kier alpha value is -4.03. The first kappa shape index (κ1) is 27.0. The molecule has 4 atom stereocenters. The van der Waals surface area contributed by atoms with Crippen molar-refractivity contribution in [3.05, 3.63) is 71.0 Å². The van der Waals surface area contributed by atoms with Crippen molar-refractivity contribution in [1.82, 2.24) is 10.2 Å². The van der Waals surface area contributed by atoms with Crippen molar-refractivity contribution in [2.24, 2.45) is 17.6 Å². The largest absolute Gasteiger partial charge is 0.508 e. The molecule has 3 aliphatic carbocycles. The number of nitrogens with two attached hydrogens (primary N) is 1. The van der Waals surface area contributed by atoms with Crippen molar-refractivity contribution in [3.8, 4) is 5.75 Å². The molecule has 7 N–H and O–H groups in total. The van der Waals surface area contributed by atoms with Crippen molar-refractivity contribution < 1.29 is 43.6 Å². The number of primary amides is 1. The molecule has 1 fully saturated rings. The Balaban J connectivity index is 1.92. The fourth-order valence-electron chi connectivity index (χ4n) is 5.82. The summed E-state index contributed by atoms with van der Waals surface area (Å²) in [4.78, 5) is 40.3. The highest BCUT2D eigenvalue weighted by Gasteiger charge is 2.64. The minimum absolute atomic E-state index is 0.00600. The Kier molecular flexibility index (Phi) is 6.89. The van der Waals surface area contributed by atoms with Crippen LogP contribution in [0.4, 0.5) is 8.78 Å².